The summed E-state index contributed by atoms with van der Waals surface area (Å²) in [7, 11) is 1.28. The van der Waals surface area contributed by atoms with Gasteiger partial charge in [0.1, 0.15) is 21.5 Å². The van der Waals surface area contributed by atoms with E-state index in [-0.39, 0.29) is 18.0 Å². The van der Waals surface area contributed by atoms with Crippen molar-refractivity contribution in [1.29, 1.82) is 0 Å². The third kappa shape index (κ3) is 5.09. The first-order valence-electron chi connectivity index (χ1n) is 9.72. The fourth-order valence-corrected chi connectivity index (χ4v) is 6.44. The number of ether oxygens (including phenoxy) is 1. The summed E-state index contributed by atoms with van der Waals surface area (Å²) in [6, 6.07) is 0. The van der Waals surface area contributed by atoms with E-state index in [9.17, 15) is 24.3 Å². The van der Waals surface area contributed by atoms with Gasteiger partial charge in [0.05, 0.1) is 6.54 Å². The normalized spacial score (nSPS) is 25.4. The Bertz CT molecular complexity index is 916. The minimum Gasteiger partial charge on any atom is -0.480 e. The number of hydrogen-bond donors (Lipinski definition) is 5. The van der Waals surface area contributed by atoms with Crippen LogP contribution in [0.4, 0.5) is 0 Å². The summed E-state index contributed by atoms with van der Waals surface area (Å²) in [4.78, 5) is 49.5. The highest BCUT2D eigenvalue weighted by molar-refractivity contribution is 8.14. The van der Waals surface area contributed by atoms with Gasteiger partial charge in [-0.3, -0.25) is 19.3 Å². The van der Waals surface area contributed by atoms with Crippen molar-refractivity contribution in [3.05, 3.63) is 11.3 Å². The molecular formula is C17H24N6O7S3. The van der Waals surface area contributed by atoms with Crippen molar-refractivity contribution in [1.82, 2.24) is 20.8 Å². The molecule has 3 rings (SSSR count). The number of hydrogen-bond acceptors (Lipinski definition) is 12. The van der Waals surface area contributed by atoms with Gasteiger partial charge >= 0.3 is 11.9 Å². The van der Waals surface area contributed by atoms with E-state index in [2.05, 4.69) is 15.8 Å². The zero-order valence-corrected chi connectivity index (χ0v) is 20.2. The molecule has 16 heteroatoms. The van der Waals surface area contributed by atoms with Gasteiger partial charge in [-0.1, -0.05) is 6.92 Å². The zero-order valence-electron chi connectivity index (χ0n) is 17.8. The van der Waals surface area contributed by atoms with Gasteiger partial charge in [0, 0.05) is 18.6 Å². The molecule has 0 bridgehead atoms. The lowest BCUT2D eigenvalue weighted by Gasteiger charge is -2.56. The van der Waals surface area contributed by atoms with Crippen molar-refractivity contribution >= 4 is 64.1 Å². The lowest BCUT2D eigenvalue weighted by atomic mass is 9.98. The maximum atomic E-state index is 13.1. The Morgan fingerprint density at radius 2 is 2.18 bits per heavy atom. The van der Waals surface area contributed by atoms with E-state index < -0.39 is 40.2 Å². The molecule has 1 unspecified atom stereocenters. The molecular weight excluding hydrogens is 496 g/mol. The van der Waals surface area contributed by atoms with Crippen molar-refractivity contribution < 1.29 is 34.1 Å². The van der Waals surface area contributed by atoms with Gasteiger partial charge in [0.25, 0.3) is 11.6 Å². The first-order valence-corrected chi connectivity index (χ1v) is 12.8. The molecule has 6 N–H and O–H groups in total. The fraction of sp³-hybridized carbons (Fsp3) is 0.588. The van der Waals surface area contributed by atoms with Gasteiger partial charge in [0.15, 0.2) is 6.54 Å². The van der Waals surface area contributed by atoms with Gasteiger partial charge in [-0.25, -0.2) is 15.3 Å². The quantitative estimate of drug-likeness (QED) is 0.169. The smallest absolute Gasteiger partial charge is 0.352 e. The average Bonchev–Trinajstić information content (AvgIpc) is 3.21. The van der Waals surface area contributed by atoms with E-state index >= 15 is 0 Å². The third-order valence-corrected chi connectivity index (χ3v) is 8.22. The first-order chi connectivity index (χ1) is 15.6. The summed E-state index contributed by atoms with van der Waals surface area (Å²) >= 11 is 3.74. The summed E-state index contributed by atoms with van der Waals surface area (Å²) in [5.74, 6) is -2.42. The van der Waals surface area contributed by atoms with E-state index in [1.807, 2.05) is 6.92 Å². The Labute approximate surface area is 201 Å². The maximum Gasteiger partial charge on any atom is 0.352 e. The van der Waals surface area contributed by atoms with E-state index in [1.165, 1.54) is 47.5 Å². The Morgan fingerprint density at radius 1 is 1.45 bits per heavy atom. The Hall–Kier alpha value is -1.98. The molecule has 0 aliphatic carbocycles. The number of nitrogens with one attached hydrogen (secondary N) is 2. The average molecular weight is 521 g/mol. The van der Waals surface area contributed by atoms with E-state index in [4.69, 9.17) is 15.6 Å². The molecule has 13 nitrogen and oxygen atoms in total. The molecule has 2 amide bonds. The number of methoxy groups -OCH3 is 1. The number of carboxylic acid groups (broad SMARTS) is 2. The number of carbonyl (C=O) groups is 4. The maximum absolute atomic E-state index is 13.1. The number of hydrazone groups is 1. The van der Waals surface area contributed by atoms with Crippen LogP contribution in [-0.2, 0) is 23.9 Å². The van der Waals surface area contributed by atoms with Crippen LogP contribution in [0.1, 0.15) is 6.92 Å². The second kappa shape index (κ2) is 10.5. The van der Waals surface area contributed by atoms with Gasteiger partial charge in [-0.2, -0.15) is 5.10 Å². The number of β-lactam (4-membered cyclic amide) rings is 1. The number of amides is 2. The van der Waals surface area contributed by atoms with E-state index in [0.717, 1.165) is 4.90 Å². The van der Waals surface area contributed by atoms with Crippen LogP contribution in [0.2, 0.25) is 0 Å². The largest absolute Gasteiger partial charge is 0.480 e. The molecule has 0 saturated carbocycles. The molecule has 1 saturated heterocycles. The summed E-state index contributed by atoms with van der Waals surface area (Å²) in [5.41, 5.74) is 7.29. The van der Waals surface area contributed by atoms with Crippen molar-refractivity contribution in [2.45, 2.75) is 23.4 Å². The SMILES string of the molecule is CCSC(N)C(=O)N[C@]1(OC)C(=O)N2C(C(=O)O)=C(CSC3=NN(CC(=O)O)NC3)CS[C@H]21. The molecule has 182 valence electrons. The number of rotatable bonds is 10. The molecule has 3 heterocycles. The van der Waals surface area contributed by atoms with Crippen LogP contribution in [0.15, 0.2) is 16.4 Å². The van der Waals surface area contributed by atoms with Crippen LogP contribution in [0.3, 0.4) is 0 Å². The number of carboxylic acids is 2. The number of thioether (sulfide) groups is 3. The second-order valence-corrected chi connectivity index (χ2v) is 10.5. The van der Waals surface area contributed by atoms with Crippen LogP contribution < -0.4 is 16.5 Å². The third-order valence-electron chi connectivity index (χ3n) is 4.89. The zero-order chi connectivity index (χ0) is 24.3. The topological polar surface area (TPSA) is 187 Å². The second-order valence-electron chi connectivity index (χ2n) is 6.97. The number of fused-ring (bicyclic) bond motifs is 1. The van der Waals surface area contributed by atoms with Crippen LogP contribution in [0.25, 0.3) is 0 Å². The lowest BCUT2D eigenvalue weighted by Crippen LogP contribution is -2.81. The Morgan fingerprint density at radius 3 is 2.79 bits per heavy atom. The van der Waals surface area contributed by atoms with E-state index in [1.54, 1.807) is 0 Å². The molecule has 0 radical (unpaired) electrons. The first kappa shape index (κ1) is 25.6. The lowest BCUT2D eigenvalue weighted by molar-refractivity contribution is -0.192. The summed E-state index contributed by atoms with van der Waals surface area (Å²) in [6.45, 7) is 1.86. The van der Waals surface area contributed by atoms with Crippen LogP contribution in [-0.4, -0.2) is 103 Å². The predicted molar refractivity (Wildman–Crippen MR) is 124 cm³/mol. The van der Waals surface area contributed by atoms with E-state index in [0.29, 0.717) is 28.7 Å². The summed E-state index contributed by atoms with van der Waals surface area (Å²) in [6.07, 6.45) is 0. The van der Waals surface area contributed by atoms with Crippen molar-refractivity contribution in [3.63, 3.8) is 0 Å². The molecule has 1 fully saturated rings. The molecule has 3 aliphatic heterocycles. The minimum atomic E-state index is -1.69. The minimum absolute atomic E-state index is 0.153. The molecule has 0 aromatic heterocycles. The van der Waals surface area contributed by atoms with Crippen molar-refractivity contribution in [2.75, 3.05) is 37.5 Å². The van der Waals surface area contributed by atoms with Gasteiger partial charge < -0.3 is 26.0 Å². The van der Waals surface area contributed by atoms with Crippen molar-refractivity contribution in [3.8, 4) is 0 Å². The highest BCUT2D eigenvalue weighted by atomic mass is 32.2. The number of carbonyl (C=O) groups excluding carboxylic acids is 2. The summed E-state index contributed by atoms with van der Waals surface area (Å²) < 4.78 is 5.39. The molecule has 3 atom stereocenters. The molecule has 33 heavy (non-hydrogen) atoms. The van der Waals surface area contributed by atoms with Gasteiger partial charge in [0.2, 0.25) is 5.91 Å². The number of aliphatic carboxylic acids is 2. The van der Waals surface area contributed by atoms with Crippen molar-refractivity contribution in [2.24, 2.45) is 10.8 Å². The van der Waals surface area contributed by atoms with Crippen LogP contribution in [0.5, 0.6) is 0 Å². The predicted octanol–water partition coefficient (Wildman–Crippen LogP) is -1.31. The van der Waals surface area contributed by atoms with Gasteiger partial charge in [-0.05, 0) is 11.3 Å². The Balaban J connectivity index is 1.74. The fourth-order valence-electron chi connectivity index (χ4n) is 3.40. The number of hydrazine groups is 1. The van der Waals surface area contributed by atoms with Crippen LogP contribution >= 0.6 is 35.3 Å². The highest BCUT2D eigenvalue weighted by Crippen LogP contribution is 2.47. The molecule has 0 aromatic carbocycles. The monoisotopic (exact) mass is 520 g/mol. The molecule has 3 aliphatic rings. The Kier molecular flexibility index (Phi) is 8.17. The van der Waals surface area contributed by atoms with Gasteiger partial charge in [-0.15, -0.1) is 35.3 Å². The standard InChI is InChI=1S/C17H24N6O7S3/c1-3-31-12(18)13(26)20-17(30-2)15(29)23-11(14(27)28)8(7-33-16(17)23)6-32-9-4-19-22(21-9)5-10(24)25/h12,16,19H,3-7,18H2,1-2H3,(H,20,26)(H,24,25)(H,27,28)/t12?,16-,17-/m0/s1. The number of nitrogens with two attached hydrogens (primary N) is 1. The molecule has 0 aromatic rings. The van der Waals surface area contributed by atoms with Crippen LogP contribution in [0, 0.1) is 0 Å². The highest BCUT2D eigenvalue weighted by Gasteiger charge is 2.66. The number of nitrogens with zero attached hydrogens (tertiary/aromatic N) is 3. The molecule has 0 spiro atoms. The summed E-state index contributed by atoms with van der Waals surface area (Å²) in [5, 5.41) is 25.5.